The number of aliphatic hydroxyl groups is 1. The lowest BCUT2D eigenvalue weighted by Crippen LogP contribution is -2.34. The van der Waals surface area contributed by atoms with Crippen LogP contribution in [0.4, 0.5) is 0 Å². The Morgan fingerprint density at radius 1 is 1.14 bits per heavy atom. The number of nitrogens with one attached hydrogen (secondary N) is 2. The molecular weight excluding hydrogens is 472 g/mol. The Morgan fingerprint density at radius 2 is 1.81 bits per heavy atom. The van der Waals surface area contributed by atoms with Crippen molar-refractivity contribution in [3.8, 4) is 17.6 Å². The minimum absolute atomic E-state index is 0.0915. The van der Waals surface area contributed by atoms with E-state index in [1.807, 2.05) is 53.4 Å². The number of nitrogens with zero attached hydrogens (tertiary/aromatic N) is 2. The van der Waals surface area contributed by atoms with E-state index in [0.717, 1.165) is 48.3 Å². The summed E-state index contributed by atoms with van der Waals surface area (Å²) in [5.41, 5.74) is 3.37. The van der Waals surface area contributed by atoms with Crippen LogP contribution >= 0.6 is 0 Å². The first-order valence-electron chi connectivity index (χ1n) is 12.2. The van der Waals surface area contributed by atoms with Crippen molar-refractivity contribution in [2.45, 2.75) is 31.3 Å². The Hall–Kier alpha value is -3.97. The zero-order chi connectivity index (χ0) is 26.2. The first-order chi connectivity index (χ1) is 17.9. The zero-order valence-electron chi connectivity index (χ0n) is 20.4. The fraction of sp³-hybridized carbons (Fsp3) is 0.321. The number of likely N-dealkylation sites (tertiary alicyclic amines) is 1. The lowest BCUT2D eigenvalue weighted by Gasteiger charge is -2.14. The van der Waals surface area contributed by atoms with E-state index in [0.29, 0.717) is 6.04 Å². The molecule has 2 aromatic carbocycles. The molecule has 1 aliphatic rings. The van der Waals surface area contributed by atoms with Crippen LogP contribution in [0.3, 0.4) is 0 Å². The fourth-order valence-corrected chi connectivity index (χ4v) is 4.39. The standard InChI is InChI=1S/C28H30N4O5/c33-17-23(13-25-27(36)28(37)31-18-30-25)22-9-7-20(8-10-22)2-1-19-3-5-21(6-4-19)14-29-24-11-12-32(15-24)16-26(34)35/h3-10,18,23-24,29,33,36H,11-17H2,(H,34,35)(H,30,31,37)/t23?,24-/m1/s1. The third kappa shape index (κ3) is 7.27. The molecule has 9 nitrogen and oxygen atoms in total. The molecule has 9 heteroatoms. The van der Waals surface area contributed by atoms with Crippen LogP contribution in [0.5, 0.6) is 5.75 Å². The minimum atomic E-state index is -0.789. The van der Waals surface area contributed by atoms with Crippen LogP contribution < -0.4 is 10.9 Å². The van der Waals surface area contributed by atoms with Crippen LogP contribution in [0, 0.1) is 11.8 Å². The van der Waals surface area contributed by atoms with Gasteiger partial charge in [0.25, 0.3) is 5.56 Å². The van der Waals surface area contributed by atoms with Crippen molar-refractivity contribution in [2.24, 2.45) is 0 Å². The average molecular weight is 503 g/mol. The number of hydrogen-bond acceptors (Lipinski definition) is 7. The van der Waals surface area contributed by atoms with Gasteiger partial charge in [0.1, 0.15) is 0 Å². The molecule has 0 radical (unpaired) electrons. The predicted octanol–water partition coefficient (Wildman–Crippen LogP) is 1.44. The average Bonchev–Trinajstić information content (AvgIpc) is 3.34. The summed E-state index contributed by atoms with van der Waals surface area (Å²) in [7, 11) is 0. The van der Waals surface area contributed by atoms with E-state index >= 15 is 0 Å². The predicted molar refractivity (Wildman–Crippen MR) is 138 cm³/mol. The largest absolute Gasteiger partial charge is 0.502 e. The highest BCUT2D eigenvalue weighted by Gasteiger charge is 2.23. The highest BCUT2D eigenvalue weighted by Crippen LogP contribution is 2.22. The van der Waals surface area contributed by atoms with Crippen molar-refractivity contribution < 1.29 is 20.1 Å². The second-order valence-electron chi connectivity index (χ2n) is 9.17. The highest BCUT2D eigenvalue weighted by molar-refractivity contribution is 5.69. The van der Waals surface area contributed by atoms with Crippen molar-refractivity contribution >= 4 is 5.97 Å². The Morgan fingerprint density at radius 3 is 2.46 bits per heavy atom. The van der Waals surface area contributed by atoms with Crippen molar-refractivity contribution in [1.29, 1.82) is 0 Å². The third-order valence-electron chi connectivity index (χ3n) is 6.48. The maximum atomic E-state index is 11.6. The van der Waals surface area contributed by atoms with E-state index in [1.165, 1.54) is 6.33 Å². The van der Waals surface area contributed by atoms with E-state index in [1.54, 1.807) is 0 Å². The van der Waals surface area contributed by atoms with Gasteiger partial charge in [-0.15, -0.1) is 0 Å². The zero-order valence-corrected chi connectivity index (χ0v) is 20.4. The number of aliphatic carboxylic acids is 1. The second-order valence-corrected chi connectivity index (χ2v) is 9.17. The molecule has 2 atom stereocenters. The van der Waals surface area contributed by atoms with E-state index < -0.39 is 17.3 Å². The third-order valence-corrected chi connectivity index (χ3v) is 6.48. The topological polar surface area (TPSA) is 139 Å². The lowest BCUT2D eigenvalue weighted by atomic mass is 9.94. The number of H-pyrrole nitrogens is 1. The summed E-state index contributed by atoms with van der Waals surface area (Å²) in [6, 6.07) is 15.8. The van der Waals surface area contributed by atoms with Crippen LogP contribution in [-0.4, -0.2) is 68.4 Å². The van der Waals surface area contributed by atoms with Gasteiger partial charge in [0.15, 0.2) is 0 Å². The number of aromatic hydroxyl groups is 1. The van der Waals surface area contributed by atoms with Gasteiger partial charge < -0.3 is 25.6 Å². The molecule has 1 saturated heterocycles. The van der Waals surface area contributed by atoms with E-state index in [4.69, 9.17) is 5.11 Å². The molecule has 2 heterocycles. The first-order valence-corrected chi connectivity index (χ1v) is 12.2. The fourth-order valence-electron chi connectivity index (χ4n) is 4.39. The smallest absolute Gasteiger partial charge is 0.317 e. The number of rotatable bonds is 9. The molecule has 3 aromatic rings. The van der Waals surface area contributed by atoms with Gasteiger partial charge >= 0.3 is 5.97 Å². The number of aliphatic hydroxyl groups excluding tert-OH is 1. The molecule has 1 unspecified atom stereocenters. The van der Waals surface area contributed by atoms with E-state index in [-0.39, 0.29) is 31.2 Å². The lowest BCUT2D eigenvalue weighted by molar-refractivity contribution is -0.138. The molecule has 4 rings (SSSR count). The van der Waals surface area contributed by atoms with E-state index in [9.17, 15) is 19.8 Å². The Labute approximate surface area is 214 Å². The van der Waals surface area contributed by atoms with Gasteiger partial charge in [0.05, 0.1) is 25.2 Å². The van der Waals surface area contributed by atoms with Gasteiger partial charge in [-0.25, -0.2) is 4.98 Å². The van der Waals surface area contributed by atoms with Crippen molar-refractivity contribution in [3.63, 3.8) is 0 Å². The normalized spacial score (nSPS) is 16.2. The number of aromatic amines is 1. The summed E-state index contributed by atoms with van der Waals surface area (Å²) in [5, 5.41) is 32.2. The van der Waals surface area contributed by atoms with Crippen LogP contribution in [0.25, 0.3) is 0 Å². The highest BCUT2D eigenvalue weighted by atomic mass is 16.4. The van der Waals surface area contributed by atoms with Gasteiger partial charge in [0, 0.05) is 49.1 Å². The number of carboxylic acid groups (broad SMARTS) is 1. The van der Waals surface area contributed by atoms with Crippen molar-refractivity contribution in [1.82, 2.24) is 20.2 Å². The number of hydrogen-bond donors (Lipinski definition) is 5. The summed E-state index contributed by atoms with van der Waals surface area (Å²) >= 11 is 0. The van der Waals surface area contributed by atoms with Crippen molar-refractivity contribution in [3.05, 3.63) is 93.2 Å². The SMILES string of the molecule is O=C(O)CN1CC[C@@H](NCc2ccc(C#Cc3ccc(C(CO)Cc4nc[nH]c(=O)c4O)cc3)cc2)C1. The van der Waals surface area contributed by atoms with Crippen LogP contribution in [-0.2, 0) is 17.8 Å². The molecule has 37 heavy (non-hydrogen) atoms. The number of benzene rings is 2. The Kier molecular flexibility index (Phi) is 8.69. The molecule has 1 fully saturated rings. The van der Waals surface area contributed by atoms with Crippen LogP contribution in [0.15, 0.2) is 59.7 Å². The molecule has 0 aliphatic carbocycles. The van der Waals surface area contributed by atoms with Crippen LogP contribution in [0.2, 0.25) is 0 Å². The van der Waals surface area contributed by atoms with E-state index in [2.05, 4.69) is 27.1 Å². The molecular formula is C28H30N4O5. The molecule has 0 bridgehead atoms. The summed E-state index contributed by atoms with van der Waals surface area (Å²) in [4.78, 5) is 30.7. The molecule has 0 amide bonds. The maximum Gasteiger partial charge on any atom is 0.317 e. The molecule has 0 saturated carbocycles. The molecule has 1 aliphatic heterocycles. The second kappa shape index (κ2) is 12.3. The van der Waals surface area contributed by atoms with Crippen molar-refractivity contribution in [2.75, 3.05) is 26.2 Å². The summed E-state index contributed by atoms with van der Waals surface area (Å²) in [5.74, 6) is 4.79. The van der Waals surface area contributed by atoms with Gasteiger partial charge in [-0.1, -0.05) is 36.1 Å². The summed E-state index contributed by atoms with van der Waals surface area (Å²) < 4.78 is 0. The van der Waals surface area contributed by atoms with Crippen LogP contribution in [0.1, 0.15) is 40.3 Å². The monoisotopic (exact) mass is 502 g/mol. The maximum absolute atomic E-state index is 11.6. The molecule has 0 spiro atoms. The number of carbonyl (C=O) groups is 1. The van der Waals surface area contributed by atoms with Gasteiger partial charge in [-0.2, -0.15) is 0 Å². The number of carboxylic acids is 1. The molecule has 5 N–H and O–H groups in total. The Bertz CT molecular complexity index is 1330. The van der Waals surface area contributed by atoms with Gasteiger partial charge in [0.2, 0.25) is 5.75 Å². The summed E-state index contributed by atoms with van der Waals surface area (Å²) in [6.07, 6.45) is 2.42. The van der Waals surface area contributed by atoms with Gasteiger partial charge in [-0.3, -0.25) is 14.5 Å². The first kappa shape index (κ1) is 26.1. The molecule has 192 valence electrons. The Balaban J connectivity index is 1.31. The molecule has 1 aromatic heterocycles. The minimum Gasteiger partial charge on any atom is -0.502 e. The van der Waals surface area contributed by atoms with Gasteiger partial charge in [-0.05, 0) is 41.8 Å². The quantitative estimate of drug-likeness (QED) is 0.277. The number of aromatic nitrogens is 2. The summed E-state index contributed by atoms with van der Waals surface area (Å²) in [6.45, 7) is 2.21.